The Morgan fingerprint density at radius 1 is 1.67 bits per heavy atom. The number of carbonyl (C=O) groups is 1. The molecule has 73 valence electrons. The largest absolute Gasteiger partial charge is 0.354 e. The summed E-state index contributed by atoms with van der Waals surface area (Å²) in [5, 5.41) is 2.91. The number of rotatable bonds is 5. The number of nitrogens with one attached hydrogen (secondary N) is 1. The third-order valence-corrected chi connectivity index (χ3v) is 2.17. The summed E-state index contributed by atoms with van der Waals surface area (Å²) in [7, 11) is 0. The van der Waals surface area contributed by atoms with Gasteiger partial charge in [0.05, 0.1) is 0 Å². The van der Waals surface area contributed by atoms with Crippen molar-refractivity contribution in [2.75, 3.05) is 12.0 Å². The van der Waals surface area contributed by atoms with Crippen molar-refractivity contribution in [3.05, 3.63) is 0 Å². The Kier molecular flexibility index (Phi) is 11.8. The second-order valence-corrected chi connectivity index (χ2v) is 3.61. The van der Waals surface area contributed by atoms with Crippen molar-refractivity contribution in [2.45, 2.75) is 32.7 Å². The van der Waals surface area contributed by atoms with E-state index in [4.69, 9.17) is 0 Å². The fourth-order valence-corrected chi connectivity index (χ4v) is 1.03. The summed E-state index contributed by atoms with van der Waals surface area (Å²) in [6, 6.07) is 0.323. The third-order valence-electron chi connectivity index (χ3n) is 1.55. The molecular formula is C8H19NOSV. The smallest absolute Gasteiger partial charge is 0.221 e. The molecule has 0 heterocycles. The first-order chi connectivity index (χ1) is 5.20. The average Bonchev–Trinajstić information content (AvgIpc) is 2.00. The minimum Gasteiger partial charge on any atom is -0.354 e. The van der Waals surface area contributed by atoms with Gasteiger partial charge in [-0.3, -0.25) is 4.79 Å². The van der Waals surface area contributed by atoms with E-state index >= 15 is 0 Å². The molecule has 2 nitrogen and oxygen atoms in total. The van der Waals surface area contributed by atoms with Crippen molar-refractivity contribution in [1.82, 2.24) is 5.32 Å². The van der Waals surface area contributed by atoms with E-state index in [1.165, 1.54) is 0 Å². The molecule has 0 rings (SSSR count). The molecule has 0 saturated carbocycles. The van der Waals surface area contributed by atoms with Crippen LogP contribution < -0.4 is 5.32 Å². The molecule has 0 aliphatic heterocycles. The first kappa shape index (κ1) is 14.9. The molecule has 1 N–H and O–H groups in total. The van der Waals surface area contributed by atoms with Gasteiger partial charge in [0.2, 0.25) is 5.91 Å². The van der Waals surface area contributed by atoms with Gasteiger partial charge in [0, 0.05) is 38.2 Å². The van der Waals surface area contributed by atoms with Crippen LogP contribution in [0.5, 0.6) is 0 Å². The zero-order valence-corrected chi connectivity index (χ0v) is 10.2. The van der Waals surface area contributed by atoms with Gasteiger partial charge in [-0.1, -0.05) is 6.92 Å². The maximum Gasteiger partial charge on any atom is 0.221 e. The van der Waals surface area contributed by atoms with Crippen molar-refractivity contribution in [2.24, 2.45) is 0 Å². The van der Waals surface area contributed by atoms with Gasteiger partial charge in [0.15, 0.2) is 0 Å². The molecule has 0 aliphatic carbocycles. The summed E-state index contributed by atoms with van der Waals surface area (Å²) in [6.45, 7) is 4.09. The topological polar surface area (TPSA) is 29.1 Å². The van der Waals surface area contributed by atoms with Crippen LogP contribution in [-0.2, 0) is 23.4 Å². The molecule has 0 aromatic heterocycles. The molecule has 0 bridgehead atoms. The quantitative estimate of drug-likeness (QED) is 0.778. The van der Waals surface area contributed by atoms with Gasteiger partial charge in [0.25, 0.3) is 0 Å². The summed E-state index contributed by atoms with van der Waals surface area (Å²) in [6.07, 6.45) is 3.66. The van der Waals surface area contributed by atoms with Gasteiger partial charge < -0.3 is 5.32 Å². The predicted molar refractivity (Wildman–Crippen MR) is 53.0 cm³/mol. The average molecular weight is 228 g/mol. The third kappa shape index (κ3) is 8.50. The van der Waals surface area contributed by atoms with E-state index in [1.807, 2.05) is 13.2 Å². The van der Waals surface area contributed by atoms with Crippen LogP contribution in [0, 0.1) is 0 Å². The van der Waals surface area contributed by atoms with E-state index in [0.29, 0.717) is 12.5 Å². The fourth-order valence-electron chi connectivity index (χ4n) is 0.644. The molecule has 0 spiro atoms. The van der Waals surface area contributed by atoms with Gasteiger partial charge in [0.1, 0.15) is 0 Å². The molecule has 0 fully saturated rings. The maximum atomic E-state index is 11.0. The summed E-state index contributed by atoms with van der Waals surface area (Å²) in [4.78, 5) is 11.0. The Labute approximate surface area is 92.6 Å². The Morgan fingerprint density at radius 2 is 2.25 bits per heavy atom. The van der Waals surface area contributed by atoms with Crippen LogP contribution in [0.15, 0.2) is 0 Å². The Morgan fingerprint density at radius 3 is 2.67 bits per heavy atom. The SMILES string of the molecule is CCC(C)NC(=O)CCSC.[HH].[V]. The van der Waals surface area contributed by atoms with Gasteiger partial charge >= 0.3 is 0 Å². The van der Waals surface area contributed by atoms with E-state index in [2.05, 4.69) is 12.2 Å². The van der Waals surface area contributed by atoms with Crippen LogP contribution in [0.1, 0.15) is 28.1 Å². The van der Waals surface area contributed by atoms with E-state index in [9.17, 15) is 4.79 Å². The fraction of sp³-hybridized carbons (Fsp3) is 0.875. The molecule has 4 heteroatoms. The minimum atomic E-state index is 0. The van der Waals surface area contributed by atoms with E-state index in [0.717, 1.165) is 12.2 Å². The molecule has 0 saturated heterocycles. The van der Waals surface area contributed by atoms with Crippen molar-refractivity contribution in [1.29, 1.82) is 0 Å². The molecule has 1 radical (unpaired) electrons. The van der Waals surface area contributed by atoms with Crippen molar-refractivity contribution < 1.29 is 24.8 Å². The van der Waals surface area contributed by atoms with Crippen molar-refractivity contribution >= 4 is 17.7 Å². The second-order valence-electron chi connectivity index (χ2n) is 2.62. The van der Waals surface area contributed by atoms with Crippen LogP contribution in [0.4, 0.5) is 0 Å². The molecular weight excluding hydrogens is 209 g/mol. The summed E-state index contributed by atoms with van der Waals surface area (Å²) < 4.78 is 0. The van der Waals surface area contributed by atoms with Crippen molar-refractivity contribution in [3.8, 4) is 0 Å². The molecule has 1 amide bonds. The van der Waals surface area contributed by atoms with Crippen molar-refractivity contribution in [3.63, 3.8) is 0 Å². The second kappa shape index (κ2) is 9.49. The van der Waals surface area contributed by atoms with E-state index < -0.39 is 0 Å². The summed E-state index contributed by atoms with van der Waals surface area (Å²) in [5.74, 6) is 1.09. The molecule has 0 aromatic rings. The van der Waals surface area contributed by atoms with E-state index in [-0.39, 0.29) is 25.9 Å². The normalized spacial score (nSPS) is 11.6. The molecule has 1 unspecified atom stereocenters. The summed E-state index contributed by atoms with van der Waals surface area (Å²) in [5.41, 5.74) is 0. The van der Waals surface area contributed by atoms with Crippen LogP contribution >= 0.6 is 11.8 Å². The number of hydrogen-bond donors (Lipinski definition) is 1. The first-order valence-corrected chi connectivity index (χ1v) is 5.38. The van der Waals surface area contributed by atoms with Gasteiger partial charge in [-0.15, -0.1) is 0 Å². The maximum absolute atomic E-state index is 11.0. The monoisotopic (exact) mass is 228 g/mol. The van der Waals surface area contributed by atoms with Gasteiger partial charge in [-0.05, 0) is 19.6 Å². The van der Waals surface area contributed by atoms with E-state index in [1.54, 1.807) is 11.8 Å². The van der Waals surface area contributed by atoms with Gasteiger partial charge in [-0.25, -0.2) is 0 Å². The van der Waals surface area contributed by atoms with Crippen LogP contribution in [0.2, 0.25) is 0 Å². The molecule has 0 aliphatic rings. The zero-order chi connectivity index (χ0) is 8.69. The number of thioether (sulfide) groups is 1. The number of hydrogen-bond acceptors (Lipinski definition) is 2. The van der Waals surface area contributed by atoms with Gasteiger partial charge in [-0.2, -0.15) is 11.8 Å². The first-order valence-electron chi connectivity index (χ1n) is 3.99. The standard InChI is InChI=1S/C8H17NOS.V.H2/c1-4-7(2)9-8(10)5-6-11-3;;/h7H,4-6H2,1-3H3,(H,9,10);;1H. The Hall–Kier alpha value is 0.404. The van der Waals surface area contributed by atoms with Crippen LogP contribution in [0.3, 0.4) is 0 Å². The zero-order valence-electron chi connectivity index (χ0n) is 7.96. The molecule has 0 aromatic carbocycles. The number of amides is 1. The molecule has 1 atom stereocenters. The predicted octanol–water partition coefficient (Wildman–Crippen LogP) is 1.90. The minimum absolute atomic E-state index is 0. The van der Waals surface area contributed by atoms with Crippen LogP contribution in [0.25, 0.3) is 0 Å². The Balaban J connectivity index is -0.000000500. The molecule has 12 heavy (non-hydrogen) atoms. The van der Waals surface area contributed by atoms with Crippen LogP contribution in [-0.4, -0.2) is 24.0 Å². The Bertz CT molecular complexity index is 127. The number of carbonyl (C=O) groups excluding carboxylic acids is 1. The summed E-state index contributed by atoms with van der Waals surface area (Å²) >= 11 is 1.70.